The summed E-state index contributed by atoms with van der Waals surface area (Å²) in [5.41, 5.74) is 0.971. The number of hydrogen-bond donors (Lipinski definition) is 4. The summed E-state index contributed by atoms with van der Waals surface area (Å²) < 4.78 is 11.3. The Balaban J connectivity index is 1.80. The molecule has 1 heterocycles. The second-order valence-electron chi connectivity index (χ2n) is 8.44. The number of carboxylic acid groups (broad SMARTS) is 1. The van der Waals surface area contributed by atoms with Crippen molar-refractivity contribution < 1.29 is 24.5 Å². The maximum Gasteiger partial charge on any atom is 0.404 e. The average Bonchev–Trinajstić information content (AvgIpc) is 3.07. The highest BCUT2D eigenvalue weighted by molar-refractivity contribution is 5.65. The summed E-state index contributed by atoms with van der Waals surface area (Å²) in [6.45, 7) is 8.57. The molecule has 1 fully saturated rings. The molecule has 158 valence electrons. The molecule has 0 radical (unpaired) electrons. The number of rotatable bonds is 11. The third-order valence-corrected chi connectivity index (χ3v) is 5.18. The first-order valence-corrected chi connectivity index (χ1v) is 9.89. The van der Waals surface area contributed by atoms with Crippen LogP contribution < -0.4 is 10.6 Å². The van der Waals surface area contributed by atoms with Crippen LogP contribution >= 0.6 is 0 Å². The SMILES string of the molecule is CC(C)(CCC1(C)OCCO1)CNC[C@@H](O)[C@H](Cc1ccccc1)NC(=O)O. The lowest BCUT2D eigenvalue weighted by atomic mass is 9.86. The van der Waals surface area contributed by atoms with Crippen molar-refractivity contribution in [3.63, 3.8) is 0 Å². The fourth-order valence-electron chi connectivity index (χ4n) is 3.37. The Morgan fingerprint density at radius 2 is 1.89 bits per heavy atom. The van der Waals surface area contributed by atoms with Crippen LogP contribution in [0, 0.1) is 5.41 Å². The largest absolute Gasteiger partial charge is 0.465 e. The van der Waals surface area contributed by atoms with Crippen LogP contribution in [0.4, 0.5) is 4.79 Å². The minimum absolute atomic E-state index is 0.00675. The Morgan fingerprint density at radius 1 is 1.25 bits per heavy atom. The van der Waals surface area contributed by atoms with Crippen molar-refractivity contribution in [3.8, 4) is 0 Å². The van der Waals surface area contributed by atoms with Gasteiger partial charge in [0.15, 0.2) is 5.79 Å². The van der Waals surface area contributed by atoms with Gasteiger partial charge in [0.1, 0.15) is 0 Å². The first-order valence-electron chi connectivity index (χ1n) is 9.89. The van der Waals surface area contributed by atoms with E-state index in [-0.39, 0.29) is 5.41 Å². The van der Waals surface area contributed by atoms with Crippen LogP contribution in [0.5, 0.6) is 0 Å². The van der Waals surface area contributed by atoms with E-state index in [9.17, 15) is 9.90 Å². The van der Waals surface area contributed by atoms with Gasteiger partial charge in [0.25, 0.3) is 0 Å². The van der Waals surface area contributed by atoms with Crippen LogP contribution in [0.1, 0.15) is 39.2 Å². The number of carbonyl (C=O) groups is 1. The number of nitrogens with one attached hydrogen (secondary N) is 2. The van der Waals surface area contributed by atoms with Gasteiger partial charge >= 0.3 is 6.09 Å². The van der Waals surface area contributed by atoms with Gasteiger partial charge in [-0.15, -0.1) is 0 Å². The van der Waals surface area contributed by atoms with Gasteiger partial charge in [0.2, 0.25) is 0 Å². The highest BCUT2D eigenvalue weighted by Crippen LogP contribution is 2.30. The summed E-state index contributed by atoms with van der Waals surface area (Å²) >= 11 is 0. The van der Waals surface area contributed by atoms with Crippen molar-refractivity contribution in [2.45, 2.75) is 58.0 Å². The van der Waals surface area contributed by atoms with Crippen LogP contribution in [-0.2, 0) is 15.9 Å². The van der Waals surface area contributed by atoms with Crippen molar-refractivity contribution in [2.24, 2.45) is 5.41 Å². The van der Waals surface area contributed by atoms with E-state index in [0.29, 0.717) is 32.7 Å². The van der Waals surface area contributed by atoms with Gasteiger partial charge in [-0.2, -0.15) is 0 Å². The van der Waals surface area contributed by atoms with Crippen LogP contribution in [0.2, 0.25) is 0 Å². The van der Waals surface area contributed by atoms with Gasteiger partial charge in [-0.25, -0.2) is 4.79 Å². The second kappa shape index (κ2) is 10.2. The molecule has 1 aromatic carbocycles. The van der Waals surface area contributed by atoms with Gasteiger partial charge < -0.3 is 30.3 Å². The molecule has 4 N–H and O–H groups in total. The molecular formula is C21H34N2O5. The van der Waals surface area contributed by atoms with E-state index in [2.05, 4.69) is 24.5 Å². The number of hydrogen-bond acceptors (Lipinski definition) is 5. The molecule has 0 spiro atoms. The van der Waals surface area contributed by atoms with E-state index in [1.807, 2.05) is 37.3 Å². The summed E-state index contributed by atoms with van der Waals surface area (Å²) in [6, 6.07) is 8.98. The second-order valence-corrected chi connectivity index (χ2v) is 8.44. The topological polar surface area (TPSA) is 100 Å². The highest BCUT2D eigenvalue weighted by atomic mass is 16.7. The van der Waals surface area contributed by atoms with Crippen LogP contribution in [0.15, 0.2) is 30.3 Å². The Bertz CT molecular complexity index is 602. The summed E-state index contributed by atoms with van der Waals surface area (Å²) in [4.78, 5) is 11.1. The van der Waals surface area contributed by atoms with E-state index >= 15 is 0 Å². The van der Waals surface area contributed by atoms with Gasteiger partial charge in [-0.1, -0.05) is 44.2 Å². The lowest BCUT2D eigenvalue weighted by Crippen LogP contribution is -2.49. The van der Waals surface area contributed by atoms with Crippen molar-refractivity contribution in [1.82, 2.24) is 10.6 Å². The van der Waals surface area contributed by atoms with Crippen molar-refractivity contribution >= 4 is 6.09 Å². The molecular weight excluding hydrogens is 360 g/mol. The van der Waals surface area contributed by atoms with Crippen molar-refractivity contribution in [1.29, 1.82) is 0 Å². The van der Waals surface area contributed by atoms with Crippen LogP contribution in [-0.4, -0.2) is 60.5 Å². The molecule has 0 bridgehead atoms. The van der Waals surface area contributed by atoms with Crippen LogP contribution in [0.25, 0.3) is 0 Å². The molecule has 1 amide bonds. The summed E-state index contributed by atoms with van der Waals surface area (Å²) in [6.07, 6.45) is 0.192. The molecule has 1 aliphatic heterocycles. The third-order valence-electron chi connectivity index (χ3n) is 5.18. The molecule has 28 heavy (non-hydrogen) atoms. The van der Waals surface area contributed by atoms with E-state index in [1.165, 1.54) is 0 Å². The monoisotopic (exact) mass is 394 g/mol. The Labute approximate surface area is 167 Å². The first-order chi connectivity index (χ1) is 13.2. The predicted molar refractivity (Wildman–Crippen MR) is 107 cm³/mol. The zero-order valence-electron chi connectivity index (χ0n) is 17.1. The molecule has 1 saturated heterocycles. The summed E-state index contributed by atoms with van der Waals surface area (Å²) in [7, 11) is 0. The molecule has 7 heteroatoms. The Morgan fingerprint density at radius 3 is 2.50 bits per heavy atom. The quantitative estimate of drug-likeness (QED) is 0.460. The molecule has 1 aromatic rings. The molecule has 2 rings (SSSR count). The molecule has 0 aliphatic carbocycles. The maximum atomic E-state index is 11.1. The van der Waals surface area contributed by atoms with E-state index in [0.717, 1.165) is 18.4 Å². The molecule has 7 nitrogen and oxygen atoms in total. The average molecular weight is 395 g/mol. The number of amides is 1. The van der Waals surface area contributed by atoms with Gasteiger partial charge in [0, 0.05) is 19.5 Å². The zero-order chi connectivity index (χ0) is 20.6. The molecule has 0 aromatic heterocycles. The lowest BCUT2D eigenvalue weighted by Gasteiger charge is -2.31. The number of aliphatic hydroxyl groups is 1. The maximum absolute atomic E-state index is 11.1. The Kier molecular flexibility index (Phi) is 8.24. The smallest absolute Gasteiger partial charge is 0.404 e. The molecule has 2 atom stereocenters. The van der Waals surface area contributed by atoms with E-state index in [1.54, 1.807) is 0 Å². The lowest BCUT2D eigenvalue weighted by molar-refractivity contribution is -0.151. The number of aliphatic hydroxyl groups excluding tert-OH is 1. The first kappa shape index (κ1) is 22.6. The van der Waals surface area contributed by atoms with Gasteiger partial charge in [-0.05, 0) is 30.7 Å². The van der Waals surface area contributed by atoms with Gasteiger partial charge in [0.05, 0.1) is 25.4 Å². The predicted octanol–water partition coefficient (Wildman–Crippen LogP) is 2.39. The fourth-order valence-corrected chi connectivity index (χ4v) is 3.37. The fraction of sp³-hybridized carbons (Fsp3) is 0.667. The standard InChI is InChI=1S/C21H34N2O5/c1-20(2,9-10-21(3)27-11-12-28-21)15-22-14-18(24)17(23-19(25)26)13-16-7-5-4-6-8-16/h4-8,17-18,22-24H,9-15H2,1-3H3,(H,25,26)/t17-,18+/m0/s1. The molecule has 0 saturated carbocycles. The van der Waals surface area contributed by atoms with Crippen molar-refractivity contribution in [3.05, 3.63) is 35.9 Å². The summed E-state index contributed by atoms with van der Waals surface area (Å²) in [5, 5.41) is 25.4. The van der Waals surface area contributed by atoms with Crippen molar-refractivity contribution in [2.75, 3.05) is 26.3 Å². The van der Waals surface area contributed by atoms with Crippen LogP contribution in [0.3, 0.4) is 0 Å². The number of benzene rings is 1. The Hall–Kier alpha value is -1.67. The normalized spacial score (nSPS) is 18.6. The third kappa shape index (κ3) is 7.75. The van der Waals surface area contributed by atoms with E-state index in [4.69, 9.17) is 14.6 Å². The van der Waals surface area contributed by atoms with Gasteiger partial charge in [-0.3, -0.25) is 0 Å². The highest BCUT2D eigenvalue weighted by Gasteiger charge is 2.33. The molecule has 1 aliphatic rings. The minimum atomic E-state index is -1.13. The zero-order valence-corrected chi connectivity index (χ0v) is 17.1. The minimum Gasteiger partial charge on any atom is -0.465 e. The van der Waals surface area contributed by atoms with E-state index < -0.39 is 24.0 Å². The summed E-state index contributed by atoms with van der Waals surface area (Å²) in [5.74, 6) is -0.497. The molecule has 0 unspecified atom stereocenters. The number of ether oxygens (including phenoxy) is 2.